The smallest absolute Gasteiger partial charge is 0.253 e. The molecule has 2 unspecified atom stereocenters. The number of likely N-dealkylation sites (tertiary alicyclic amines) is 1. The van der Waals surface area contributed by atoms with Crippen LogP contribution in [-0.4, -0.2) is 92.8 Å². The summed E-state index contributed by atoms with van der Waals surface area (Å²) in [5.74, 6) is 0.263. The molecule has 4 N–H and O–H groups in total. The molecule has 1 saturated heterocycles. The second kappa shape index (κ2) is 13.5. The normalized spacial score (nSPS) is 20.1. The van der Waals surface area contributed by atoms with Crippen molar-refractivity contribution in [3.05, 3.63) is 76.4 Å². The minimum atomic E-state index is -0.861. The van der Waals surface area contributed by atoms with E-state index in [0.717, 1.165) is 46.4 Å². The third kappa shape index (κ3) is 6.29. The maximum atomic E-state index is 13.1. The molecule has 2 aromatic rings. The number of nitrogens with one attached hydrogen (secondary N) is 2. The first kappa shape index (κ1) is 32.6. The molecule has 1 aliphatic heterocycles. The van der Waals surface area contributed by atoms with Crippen LogP contribution in [0.5, 0.6) is 0 Å². The van der Waals surface area contributed by atoms with Crippen LogP contribution in [0.3, 0.4) is 0 Å². The van der Waals surface area contributed by atoms with Gasteiger partial charge in [-0.3, -0.25) is 9.59 Å². The van der Waals surface area contributed by atoms with Crippen molar-refractivity contribution >= 4 is 23.3 Å². The number of hydrogen-bond donors (Lipinski definition) is 3. The number of hydrazone groups is 1. The second-order valence-corrected chi connectivity index (χ2v) is 12.3. The van der Waals surface area contributed by atoms with E-state index in [4.69, 9.17) is 5.73 Å². The number of rotatable bonds is 10. The molecular formula is C34H46N8O2. The molecule has 2 aromatic carbocycles. The number of nitrogens with two attached hydrogens (primary N) is 1. The van der Waals surface area contributed by atoms with E-state index in [0.29, 0.717) is 37.2 Å². The number of carbonyl (C=O) groups is 2. The topological polar surface area (TPSA) is 130 Å². The SMILES string of the molecule is C=C(c1ccc2c(c1)CCc1cc(C(=O)N(C)C)ccc1C2(C[C@H](C)NCC(=O)N1CCCC1C#N)/C(N)=N/NC)N(C)C. The average molecular weight is 599 g/mol. The molecular weight excluding hydrogens is 552 g/mol. The number of amidine groups is 1. The number of fused-ring (bicyclic) bond motifs is 2. The van der Waals surface area contributed by atoms with Crippen molar-refractivity contribution in [3.8, 4) is 6.07 Å². The van der Waals surface area contributed by atoms with Gasteiger partial charge >= 0.3 is 0 Å². The zero-order valence-electron chi connectivity index (χ0n) is 26.9. The van der Waals surface area contributed by atoms with Gasteiger partial charge < -0.3 is 31.2 Å². The summed E-state index contributed by atoms with van der Waals surface area (Å²) in [5.41, 5.74) is 15.8. The molecule has 0 bridgehead atoms. The summed E-state index contributed by atoms with van der Waals surface area (Å²) in [5, 5.41) is 17.5. The molecule has 2 amide bonds. The molecule has 10 nitrogen and oxygen atoms in total. The standard InChI is InChI=1S/C34H46N8O2/c1-22(38-21-31(43)42-16-8-9-28(42)20-35)19-34(33(36)39-37-3)29-14-12-24(23(2)40(4)5)17-25(29)10-11-26-18-27(13-15-30(26)34)32(44)41(6)7/h12-15,17-18,22,28,37-38H,2,8-11,16,19,21H2,1,3-7H3,(H2,36,39)/t22-,28?,34?/m0/s1. The monoisotopic (exact) mass is 598 g/mol. The number of aryl methyl sites for hydroxylation is 2. The maximum Gasteiger partial charge on any atom is 0.253 e. The van der Waals surface area contributed by atoms with Gasteiger partial charge in [0.2, 0.25) is 5.91 Å². The van der Waals surface area contributed by atoms with Crippen LogP contribution in [0.15, 0.2) is 48.1 Å². The number of nitrogens with zero attached hydrogens (tertiary/aromatic N) is 5. The molecule has 2 aliphatic rings. The predicted molar refractivity (Wildman–Crippen MR) is 175 cm³/mol. The van der Waals surface area contributed by atoms with Crippen molar-refractivity contribution in [1.82, 2.24) is 25.4 Å². The zero-order chi connectivity index (χ0) is 32.2. The first-order chi connectivity index (χ1) is 20.9. The van der Waals surface area contributed by atoms with E-state index < -0.39 is 5.41 Å². The lowest BCUT2D eigenvalue weighted by Crippen LogP contribution is -2.50. The van der Waals surface area contributed by atoms with Gasteiger partial charge in [0.15, 0.2) is 0 Å². The van der Waals surface area contributed by atoms with Gasteiger partial charge in [0.25, 0.3) is 5.91 Å². The summed E-state index contributed by atoms with van der Waals surface area (Å²) >= 11 is 0. The molecule has 0 aromatic heterocycles. The molecule has 0 saturated carbocycles. The van der Waals surface area contributed by atoms with Crippen LogP contribution in [-0.2, 0) is 23.1 Å². The summed E-state index contributed by atoms with van der Waals surface area (Å²) < 4.78 is 0. The molecule has 1 aliphatic carbocycles. The van der Waals surface area contributed by atoms with Gasteiger partial charge in [0.1, 0.15) is 11.9 Å². The van der Waals surface area contributed by atoms with Crippen LogP contribution in [0.2, 0.25) is 0 Å². The quantitative estimate of drug-likeness (QED) is 0.218. The summed E-state index contributed by atoms with van der Waals surface area (Å²) in [6.45, 7) is 7.05. The van der Waals surface area contributed by atoms with Gasteiger partial charge in [-0.15, -0.1) is 0 Å². The first-order valence-electron chi connectivity index (χ1n) is 15.2. The van der Waals surface area contributed by atoms with Crippen molar-refractivity contribution in [3.63, 3.8) is 0 Å². The van der Waals surface area contributed by atoms with E-state index in [1.165, 1.54) is 0 Å². The van der Waals surface area contributed by atoms with Crippen molar-refractivity contribution in [2.45, 2.75) is 56.5 Å². The molecule has 1 heterocycles. The van der Waals surface area contributed by atoms with Crippen LogP contribution in [0, 0.1) is 11.3 Å². The zero-order valence-corrected chi connectivity index (χ0v) is 26.9. The Kier molecular flexibility index (Phi) is 10.00. The minimum absolute atomic E-state index is 0.0623. The molecule has 0 radical (unpaired) electrons. The summed E-state index contributed by atoms with van der Waals surface area (Å²) in [6.07, 6.45) is 3.53. The number of benzene rings is 2. The largest absolute Gasteiger partial charge is 0.385 e. The number of carbonyl (C=O) groups excluding carboxylic acids is 2. The fourth-order valence-corrected chi connectivity index (χ4v) is 6.59. The molecule has 234 valence electrons. The number of nitriles is 1. The second-order valence-electron chi connectivity index (χ2n) is 12.3. The van der Waals surface area contributed by atoms with Crippen molar-refractivity contribution in [2.75, 3.05) is 48.3 Å². The maximum absolute atomic E-state index is 13.1. The molecule has 0 spiro atoms. The van der Waals surface area contributed by atoms with E-state index in [-0.39, 0.29) is 30.4 Å². The number of hydrogen-bond acceptors (Lipinski definition) is 7. The Morgan fingerprint density at radius 2 is 1.73 bits per heavy atom. The predicted octanol–water partition coefficient (Wildman–Crippen LogP) is 2.68. The Balaban J connectivity index is 1.83. The molecule has 4 rings (SSSR count). The van der Waals surface area contributed by atoms with Crippen LogP contribution in [0.4, 0.5) is 0 Å². The van der Waals surface area contributed by atoms with Crippen LogP contribution >= 0.6 is 0 Å². The summed E-state index contributed by atoms with van der Waals surface area (Å²) in [4.78, 5) is 31.3. The molecule has 1 fully saturated rings. The van der Waals surface area contributed by atoms with Crippen LogP contribution in [0.25, 0.3) is 5.70 Å². The van der Waals surface area contributed by atoms with Crippen molar-refractivity contribution in [2.24, 2.45) is 10.8 Å². The Hall–Kier alpha value is -4.36. The highest BCUT2D eigenvalue weighted by atomic mass is 16.2. The summed E-state index contributed by atoms with van der Waals surface area (Å²) in [6, 6.07) is 14.0. The Morgan fingerprint density at radius 3 is 2.30 bits per heavy atom. The molecule has 3 atom stereocenters. The fraction of sp³-hybridized carbons (Fsp3) is 0.471. The van der Waals surface area contributed by atoms with Gasteiger partial charge in [-0.1, -0.05) is 24.8 Å². The third-order valence-electron chi connectivity index (χ3n) is 8.93. The van der Waals surface area contributed by atoms with Crippen LogP contribution in [0.1, 0.15) is 64.4 Å². The van der Waals surface area contributed by atoms with E-state index >= 15 is 0 Å². The Labute approximate surface area is 261 Å². The third-order valence-corrected chi connectivity index (χ3v) is 8.93. The van der Waals surface area contributed by atoms with E-state index in [9.17, 15) is 14.9 Å². The highest BCUT2D eigenvalue weighted by molar-refractivity contribution is 5.98. The van der Waals surface area contributed by atoms with Crippen molar-refractivity contribution in [1.29, 1.82) is 5.26 Å². The Morgan fingerprint density at radius 1 is 1.11 bits per heavy atom. The van der Waals surface area contributed by atoms with Crippen LogP contribution < -0.4 is 16.5 Å². The van der Waals surface area contributed by atoms with Gasteiger partial charge in [-0.25, -0.2) is 0 Å². The van der Waals surface area contributed by atoms with Gasteiger partial charge in [0, 0.05) is 59.1 Å². The molecule has 44 heavy (non-hydrogen) atoms. The van der Waals surface area contributed by atoms with Crippen molar-refractivity contribution < 1.29 is 9.59 Å². The van der Waals surface area contributed by atoms with E-state index in [1.807, 2.05) is 44.1 Å². The summed E-state index contributed by atoms with van der Waals surface area (Å²) in [7, 11) is 9.18. The minimum Gasteiger partial charge on any atom is -0.385 e. The fourth-order valence-electron chi connectivity index (χ4n) is 6.59. The van der Waals surface area contributed by atoms with Gasteiger partial charge in [-0.2, -0.15) is 10.4 Å². The van der Waals surface area contributed by atoms with Gasteiger partial charge in [-0.05, 0) is 85.0 Å². The highest BCUT2D eigenvalue weighted by Gasteiger charge is 2.44. The van der Waals surface area contributed by atoms with E-state index in [2.05, 4.69) is 46.7 Å². The highest BCUT2D eigenvalue weighted by Crippen LogP contribution is 2.44. The lowest BCUT2D eigenvalue weighted by molar-refractivity contribution is -0.130. The average Bonchev–Trinajstić information content (AvgIpc) is 3.45. The lowest BCUT2D eigenvalue weighted by atomic mass is 9.67. The Bertz CT molecular complexity index is 1420. The van der Waals surface area contributed by atoms with E-state index in [1.54, 1.807) is 30.9 Å². The van der Waals surface area contributed by atoms with Gasteiger partial charge in [0.05, 0.1) is 18.0 Å². The lowest BCUT2D eigenvalue weighted by Gasteiger charge is -2.38. The number of amides is 2. The molecule has 10 heteroatoms. The first-order valence-corrected chi connectivity index (χ1v) is 15.2.